The second kappa shape index (κ2) is 5.87. The summed E-state index contributed by atoms with van der Waals surface area (Å²) in [5.74, 6) is 0. The normalized spacial score (nSPS) is 25.3. The molecule has 0 saturated carbocycles. The van der Waals surface area contributed by atoms with E-state index < -0.39 is 4.92 Å². The summed E-state index contributed by atoms with van der Waals surface area (Å²) in [6.45, 7) is 2.13. The van der Waals surface area contributed by atoms with Gasteiger partial charge in [0.1, 0.15) is 12.3 Å². The van der Waals surface area contributed by atoms with E-state index >= 15 is 0 Å². The molecule has 0 amide bonds. The van der Waals surface area contributed by atoms with Crippen LogP contribution in [0.15, 0.2) is 54.6 Å². The Hall–Kier alpha value is -2.24. The van der Waals surface area contributed by atoms with Crippen LogP contribution < -0.4 is 0 Å². The highest BCUT2D eigenvalue weighted by atomic mass is 16.6. The van der Waals surface area contributed by atoms with Crippen molar-refractivity contribution in [3.05, 3.63) is 75.8 Å². The van der Waals surface area contributed by atoms with E-state index in [-0.39, 0.29) is 24.1 Å². The summed E-state index contributed by atoms with van der Waals surface area (Å²) in [5, 5.41) is 10.8. The monoisotopic (exact) mass is 298 g/mol. The molecular weight excluding hydrogens is 280 g/mol. The summed E-state index contributed by atoms with van der Waals surface area (Å²) in [5.41, 5.74) is 2.17. The Kier molecular flexibility index (Phi) is 3.92. The van der Waals surface area contributed by atoms with Crippen molar-refractivity contribution in [1.82, 2.24) is 4.90 Å². The number of nitrogens with zero attached hydrogens (tertiary/aromatic N) is 2. The third-order valence-corrected chi connectivity index (χ3v) is 4.24. The van der Waals surface area contributed by atoms with Crippen molar-refractivity contribution in [1.29, 1.82) is 0 Å². The summed E-state index contributed by atoms with van der Waals surface area (Å²) in [6, 6.07) is 16.9. The van der Waals surface area contributed by atoms with E-state index in [4.69, 9.17) is 4.74 Å². The molecule has 3 rings (SSSR count). The summed E-state index contributed by atoms with van der Waals surface area (Å²) in [7, 11) is 2.01. The van der Waals surface area contributed by atoms with Crippen molar-refractivity contribution >= 4 is 5.69 Å². The van der Waals surface area contributed by atoms with Gasteiger partial charge in [0.25, 0.3) is 5.69 Å². The minimum atomic E-state index is -0.390. The molecule has 1 aliphatic rings. The Bertz CT molecular complexity index is 657. The van der Waals surface area contributed by atoms with Gasteiger partial charge < -0.3 is 4.74 Å². The molecule has 0 bridgehead atoms. The molecule has 2 aromatic rings. The van der Waals surface area contributed by atoms with Crippen LogP contribution >= 0.6 is 0 Å². The molecule has 3 atom stereocenters. The van der Waals surface area contributed by atoms with E-state index in [2.05, 4.69) is 24.0 Å². The van der Waals surface area contributed by atoms with Gasteiger partial charge in [-0.2, -0.15) is 0 Å². The van der Waals surface area contributed by atoms with Gasteiger partial charge in [-0.05, 0) is 37.2 Å². The molecule has 1 saturated heterocycles. The summed E-state index contributed by atoms with van der Waals surface area (Å²) in [4.78, 5) is 12.5. The molecule has 0 spiro atoms. The predicted octanol–water partition coefficient (Wildman–Crippen LogP) is 3.69. The van der Waals surface area contributed by atoms with E-state index in [1.807, 2.05) is 25.2 Å². The molecule has 0 radical (unpaired) electrons. The van der Waals surface area contributed by atoms with Gasteiger partial charge >= 0.3 is 0 Å². The molecule has 1 heterocycles. The predicted molar refractivity (Wildman–Crippen MR) is 83.3 cm³/mol. The second-order valence-electron chi connectivity index (χ2n) is 5.57. The lowest BCUT2D eigenvalue weighted by Gasteiger charge is -2.21. The van der Waals surface area contributed by atoms with Crippen LogP contribution in [0.1, 0.15) is 30.4 Å². The Morgan fingerprint density at radius 1 is 1.05 bits per heavy atom. The molecule has 5 nitrogen and oxygen atoms in total. The maximum Gasteiger partial charge on any atom is 0.269 e. The van der Waals surface area contributed by atoms with Crippen molar-refractivity contribution in [3.8, 4) is 0 Å². The Labute approximate surface area is 129 Å². The number of likely N-dealkylation sites (N-methyl/N-ethyl adjacent to an activating group) is 1. The molecule has 1 aliphatic heterocycles. The fourth-order valence-electron chi connectivity index (χ4n) is 2.85. The molecule has 1 fully saturated rings. The maximum absolute atomic E-state index is 10.8. The summed E-state index contributed by atoms with van der Waals surface area (Å²) < 4.78 is 6.21. The zero-order chi connectivity index (χ0) is 15.7. The van der Waals surface area contributed by atoms with E-state index in [1.165, 1.54) is 12.1 Å². The lowest BCUT2D eigenvalue weighted by atomic mass is 10.0. The largest absolute Gasteiger partial charge is 0.349 e. The van der Waals surface area contributed by atoms with Crippen LogP contribution in [-0.2, 0) is 4.74 Å². The number of ether oxygens (including phenoxy) is 1. The topological polar surface area (TPSA) is 55.6 Å². The van der Waals surface area contributed by atoms with Gasteiger partial charge in [0, 0.05) is 18.2 Å². The zero-order valence-corrected chi connectivity index (χ0v) is 12.5. The van der Waals surface area contributed by atoms with Crippen LogP contribution in [0.4, 0.5) is 5.69 Å². The number of nitro benzene ring substituents is 1. The number of nitro groups is 1. The lowest BCUT2D eigenvalue weighted by Crippen LogP contribution is -2.27. The minimum absolute atomic E-state index is 0.00797. The number of non-ortho nitro benzene ring substituents is 1. The molecule has 5 heteroatoms. The Balaban J connectivity index is 1.85. The van der Waals surface area contributed by atoms with Gasteiger partial charge in [-0.25, -0.2) is 0 Å². The SMILES string of the molecule is C[C@@H]1[C@H](c2ccccc2)O[C@H](c2ccc([N+](=O)[O-])cc2)N1C. The maximum atomic E-state index is 10.8. The highest BCUT2D eigenvalue weighted by Crippen LogP contribution is 2.41. The van der Waals surface area contributed by atoms with Crippen LogP contribution in [0.2, 0.25) is 0 Å². The van der Waals surface area contributed by atoms with Gasteiger partial charge in [0.15, 0.2) is 0 Å². The van der Waals surface area contributed by atoms with Crippen molar-refractivity contribution in [3.63, 3.8) is 0 Å². The molecular formula is C17H18N2O3. The smallest absolute Gasteiger partial charge is 0.269 e. The molecule has 0 unspecified atom stereocenters. The third kappa shape index (κ3) is 2.61. The summed E-state index contributed by atoms with van der Waals surface area (Å²) in [6.07, 6.45) is -0.201. The molecule has 22 heavy (non-hydrogen) atoms. The molecule has 0 N–H and O–H groups in total. The first kappa shape index (κ1) is 14.7. The average molecular weight is 298 g/mol. The quantitative estimate of drug-likeness (QED) is 0.640. The van der Waals surface area contributed by atoms with Crippen LogP contribution in [0.25, 0.3) is 0 Å². The fourth-order valence-corrected chi connectivity index (χ4v) is 2.85. The van der Waals surface area contributed by atoms with Gasteiger partial charge in [0.05, 0.1) is 4.92 Å². The first-order chi connectivity index (χ1) is 10.6. The lowest BCUT2D eigenvalue weighted by molar-refractivity contribution is -0.384. The zero-order valence-electron chi connectivity index (χ0n) is 12.5. The Morgan fingerprint density at radius 2 is 1.68 bits per heavy atom. The van der Waals surface area contributed by atoms with E-state index in [0.29, 0.717) is 0 Å². The summed E-state index contributed by atoms with van der Waals surface area (Å²) >= 11 is 0. The minimum Gasteiger partial charge on any atom is -0.349 e. The first-order valence-electron chi connectivity index (χ1n) is 7.24. The van der Waals surface area contributed by atoms with Crippen LogP contribution in [0, 0.1) is 10.1 Å². The van der Waals surface area contributed by atoms with Gasteiger partial charge in [0.2, 0.25) is 0 Å². The highest BCUT2D eigenvalue weighted by Gasteiger charge is 2.38. The number of benzene rings is 2. The van der Waals surface area contributed by atoms with Crippen LogP contribution in [-0.4, -0.2) is 22.9 Å². The van der Waals surface area contributed by atoms with Crippen LogP contribution in [0.3, 0.4) is 0 Å². The number of rotatable bonds is 3. The van der Waals surface area contributed by atoms with Crippen molar-refractivity contribution in [2.24, 2.45) is 0 Å². The number of hydrogen-bond acceptors (Lipinski definition) is 4. The third-order valence-electron chi connectivity index (χ3n) is 4.24. The molecule has 0 aliphatic carbocycles. The van der Waals surface area contributed by atoms with E-state index in [0.717, 1.165) is 11.1 Å². The molecule has 114 valence electrons. The van der Waals surface area contributed by atoms with E-state index in [9.17, 15) is 10.1 Å². The fraction of sp³-hybridized carbons (Fsp3) is 0.294. The van der Waals surface area contributed by atoms with Gasteiger partial charge in [-0.1, -0.05) is 30.3 Å². The van der Waals surface area contributed by atoms with Gasteiger partial charge in [-0.3, -0.25) is 15.0 Å². The standard InChI is InChI=1S/C17H18N2O3/c1-12-16(13-6-4-3-5-7-13)22-17(18(12)2)14-8-10-15(11-9-14)19(20)21/h3-12,16-17H,1-2H3/t12-,16-,17-/m1/s1. The van der Waals surface area contributed by atoms with Gasteiger partial charge in [-0.15, -0.1) is 0 Å². The number of hydrogen-bond donors (Lipinski definition) is 0. The average Bonchev–Trinajstić information content (AvgIpc) is 2.84. The molecule has 2 aromatic carbocycles. The van der Waals surface area contributed by atoms with Crippen molar-refractivity contribution in [2.75, 3.05) is 7.05 Å². The van der Waals surface area contributed by atoms with Crippen molar-refractivity contribution < 1.29 is 9.66 Å². The molecule has 0 aromatic heterocycles. The van der Waals surface area contributed by atoms with E-state index in [1.54, 1.807) is 12.1 Å². The second-order valence-corrected chi connectivity index (χ2v) is 5.57. The first-order valence-corrected chi connectivity index (χ1v) is 7.24. The van der Waals surface area contributed by atoms with Crippen LogP contribution in [0.5, 0.6) is 0 Å². The van der Waals surface area contributed by atoms with Crippen molar-refractivity contribution in [2.45, 2.75) is 25.3 Å². The Morgan fingerprint density at radius 3 is 2.27 bits per heavy atom. The highest BCUT2D eigenvalue weighted by molar-refractivity contribution is 5.34.